The zero-order valence-electron chi connectivity index (χ0n) is 8.42. The molecule has 2 fully saturated rings. The molecule has 2 heterocycles. The minimum Gasteiger partial charge on any atom is -0.295 e. The van der Waals surface area contributed by atoms with E-state index in [4.69, 9.17) is 0 Å². The maximum Gasteiger partial charge on any atom is 0.0101 e. The summed E-state index contributed by atoms with van der Waals surface area (Å²) in [6.07, 6.45) is 8.84. The van der Waals surface area contributed by atoms with Crippen molar-refractivity contribution in [2.45, 2.75) is 70.5 Å². The first-order chi connectivity index (χ1) is 5.79. The van der Waals surface area contributed by atoms with Crippen molar-refractivity contribution in [3.8, 4) is 0 Å². The zero-order chi connectivity index (χ0) is 8.55. The first-order valence-electron chi connectivity index (χ1n) is 5.56. The Bertz CT molecular complexity index is 131. The number of fused-ring (bicyclic) bond motifs is 2. The fraction of sp³-hybridized carbons (Fsp3) is 1.00. The van der Waals surface area contributed by atoms with Crippen LogP contribution in [0.1, 0.15) is 52.4 Å². The molecule has 12 heavy (non-hydrogen) atoms. The first kappa shape index (κ1) is 8.55. The summed E-state index contributed by atoms with van der Waals surface area (Å²) in [5.41, 5.74) is 0. The van der Waals surface area contributed by atoms with Crippen LogP contribution in [0.25, 0.3) is 0 Å². The number of hydrogen-bond acceptors (Lipinski definition) is 1. The molecule has 0 amide bonds. The summed E-state index contributed by atoms with van der Waals surface area (Å²) in [5, 5.41) is 0. The van der Waals surface area contributed by atoms with Crippen LogP contribution in [0, 0.1) is 0 Å². The minimum absolute atomic E-state index is 0.778. The fourth-order valence-electron chi connectivity index (χ4n) is 3.20. The van der Waals surface area contributed by atoms with E-state index in [0.29, 0.717) is 0 Å². The van der Waals surface area contributed by atoms with E-state index in [2.05, 4.69) is 18.7 Å². The van der Waals surface area contributed by atoms with E-state index in [-0.39, 0.29) is 0 Å². The predicted octanol–water partition coefficient (Wildman–Crippen LogP) is 2.80. The molecule has 70 valence electrons. The van der Waals surface area contributed by atoms with Crippen LogP contribution in [0.5, 0.6) is 0 Å². The monoisotopic (exact) mass is 167 g/mol. The lowest BCUT2D eigenvalue weighted by atomic mass is 9.83. The Balaban J connectivity index is 2.08. The Labute approximate surface area is 76.1 Å². The molecule has 1 nitrogen and oxygen atoms in total. The SMILES string of the molecule is CC(C)N1C2CCCC1CCC2. The minimum atomic E-state index is 0.778. The van der Waals surface area contributed by atoms with E-state index < -0.39 is 0 Å². The van der Waals surface area contributed by atoms with Gasteiger partial charge in [0.05, 0.1) is 0 Å². The second kappa shape index (κ2) is 3.37. The van der Waals surface area contributed by atoms with E-state index in [0.717, 1.165) is 18.1 Å². The maximum atomic E-state index is 2.78. The van der Waals surface area contributed by atoms with Crippen LogP contribution in [0.4, 0.5) is 0 Å². The molecule has 0 atom stereocenters. The van der Waals surface area contributed by atoms with Crippen molar-refractivity contribution in [2.24, 2.45) is 0 Å². The topological polar surface area (TPSA) is 3.24 Å². The summed E-state index contributed by atoms with van der Waals surface area (Å²) >= 11 is 0. The highest BCUT2D eigenvalue weighted by Gasteiger charge is 2.34. The standard InChI is InChI=1S/C11H21N/c1-9(2)12-10-5-3-6-11(12)8-4-7-10/h9-11H,3-8H2,1-2H3. The molecule has 1 heteroatoms. The molecule has 0 aromatic carbocycles. The molecular formula is C11H21N. The molecule has 0 unspecified atom stereocenters. The van der Waals surface area contributed by atoms with E-state index >= 15 is 0 Å². The quantitative estimate of drug-likeness (QED) is 0.580. The van der Waals surface area contributed by atoms with Gasteiger partial charge in [0.2, 0.25) is 0 Å². The third kappa shape index (κ3) is 1.39. The molecule has 2 saturated heterocycles. The van der Waals surface area contributed by atoms with Gasteiger partial charge in [-0.3, -0.25) is 4.90 Å². The smallest absolute Gasteiger partial charge is 0.0101 e. The summed E-state index contributed by atoms with van der Waals surface area (Å²) in [5.74, 6) is 0. The Morgan fingerprint density at radius 1 is 0.917 bits per heavy atom. The van der Waals surface area contributed by atoms with Crippen LogP contribution in [-0.4, -0.2) is 23.0 Å². The molecule has 0 radical (unpaired) electrons. The van der Waals surface area contributed by atoms with Gasteiger partial charge in [-0.25, -0.2) is 0 Å². The van der Waals surface area contributed by atoms with Crippen LogP contribution >= 0.6 is 0 Å². The highest BCUT2D eigenvalue weighted by atomic mass is 15.2. The van der Waals surface area contributed by atoms with Gasteiger partial charge in [-0.1, -0.05) is 12.8 Å². The largest absolute Gasteiger partial charge is 0.295 e. The Morgan fingerprint density at radius 2 is 1.33 bits per heavy atom. The molecule has 2 aliphatic rings. The van der Waals surface area contributed by atoms with Gasteiger partial charge in [-0.15, -0.1) is 0 Å². The number of nitrogens with zero attached hydrogens (tertiary/aromatic N) is 1. The van der Waals surface area contributed by atoms with Crippen molar-refractivity contribution in [3.63, 3.8) is 0 Å². The third-order valence-electron chi connectivity index (χ3n) is 3.59. The first-order valence-corrected chi connectivity index (χ1v) is 5.56. The average Bonchev–Trinajstić information content (AvgIpc) is 2.02. The summed E-state index contributed by atoms with van der Waals surface area (Å²) in [7, 11) is 0. The lowest BCUT2D eigenvalue weighted by molar-refractivity contribution is 0.0140. The number of piperidine rings is 2. The molecule has 0 aromatic heterocycles. The van der Waals surface area contributed by atoms with Gasteiger partial charge in [0, 0.05) is 18.1 Å². The predicted molar refractivity (Wildman–Crippen MR) is 52.3 cm³/mol. The zero-order valence-corrected chi connectivity index (χ0v) is 8.42. The van der Waals surface area contributed by atoms with Crippen LogP contribution in [0.3, 0.4) is 0 Å². The van der Waals surface area contributed by atoms with Crippen molar-refractivity contribution in [2.75, 3.05) is 0 Å². The molecule has 0 aromatic rings. The van der Waals surface area contributed by atoms with Gasteiger partial charge in [0.25, 0.3) is 0 Å². The Hall–Kier alpha value is -0.0400. The summed E-state index contributed by atoms with van der Waals surface area (Å²) in [4.78, 5) is 2.78. The van der Waals surface area contributed by atoms with E-state index in [1.54, 1.807) is 0 Å². The number of hydrogen-bond donors (Lipinski definition) is 0. The summed E-state index contributed by atoms with van der Waals surface area (Å²) < 4.78 is 0. The molecule has 0 spiro atoms. The third-order valence-corrected chi connectivity index (χ3v) is 3.59. The highest BCUT2D eigenvalue weighted by molar-refractivity contribution is 4.90. The maximum absolute atomic E-state index is 2.78. The molecule has 0 saturated carbocycles. The molecule has 0 aliphatic carbocycles. The second-order valence-electron chi connectivity index (χ2n) is 4.71. The number of rotatable bonds is 1. The average molecular weight is 167 g/mol. The van der Waals surface area contributed by atoms with Crippen LogP contribution in [0.2, 0.25) is 0 Å². The molecular weight excluding hydrogens is 146 g/mol. The van der Waals surface area contributed by atoms with Crippen molar-refractivity contribution in [3.05, 3.63) is 0 Å². The van der Waals surface area contributed by atoms with Gasteiger partial charge in [-0.2, -0.15) is 0 Å². The van der Waals surface area contributed by atoms with Crippen molar-refractivity contribution >= 4 is 0 Å². The second-order valence-corrected chi connectivity index (χ2v) is 4.71. The normalized spacial score (nSPS) is 37.2. The fourth-order valence-corrected chi connectivity index (χ4v) is 3.20. The highest BCUT2D eigenvalue weighted by Crippen LogP contribution is 2.34. The summed E-state index contributed by atoms with van der Waals surface area (Å²) in [6.45, 7) is 4.72. The van der Waals surface area contributed by atoms with Crippen LogP contribution in [0.15, 0.2) is 0 Å². The van der Waals surface area contributed by atoms with Crippen LogP contribution < -0.4 is 0 Å². The molecule has 2 rings (SSSR count). The molecule has 2 aliphatic heterocycles. The lowest BCUT2D eigenvalue weighted by Crippen LogP contribution is -2.52. The van der Waals surface area contributed by atoms with Gasteiger partial charge in [0.15, 0.2) is 0 Å². The molecule has 2 bridgehead atoms. The van der Waals surface area contributed by atoms with E-state index in [1.807, 2.05) is 0 Å². The molecule has 0 N–H and O–H groups in total. The van der Waals surface area contributed by atoms with Gasteiger partial charge in [-0.05, 0) is 39.5 Å². The van der Waals surface area contributed by atoms with E-state index in [1.165, 1.54) is 38.5 Å². The van der Waals surface area contributed by atoms with E-state index in [9.17, 15) is 0 Å². The van der Waals surface area contributed by atoms with Crippen LogP contribution in [-0.2, 0) is 0 Å². The van der Waals surface area contributed by atoms with Gasteiger partial charge in [0.1, 0.15) is 0 Å². The Kier molecular flexibility index (Phi) is 2.40. The van der Waals surface area contributed by atoms with Crippen molar-refractivity contribution in [1.82, 2.24) is 4.90 Å². The summed E-state index contributed by atoms with van der Waals surface area (Å²) in [6, 6.07) is 2.66. The van der Waals surface area contributed by atoms with Crippen molar-refractivity contribution < 1.29 is 0 Å². The van der Waals surface area contributed by atoms with Gasteiger partial charge < -0.3 is 0 Å². The Morgan fingerprint density at radius 3 is 1.58 bits per heavy atom. The lowest BCUT2D eigenvalue weighted by Gasteiger charge is -2.48. The van der Waals surface area contributed by atoms with Gasteiger partial charge >= 0.3 is 0 Å². The van der Waals surface area contributed by atoms with Crippen molar-refractivity contribution in [1.29, 1.82) is 0 Å².